The summed E-state index contributed by atoms with van der Waals surface area (Å²) in [6, 6.07) is 10.2. The fraction of sp³-hybridized carbons (Fsp3) is 0.312. The Hall–Kier alpha value is -2.03. The van der Waals surface area contributed by atoms with Gasteiger partial charge in [0.25, 0.3) is 0 Å². The Morgan fingerprint density at radius 3 is 3.00 bits per heavy atom. The molecule has 3 rings (SSSR count). The standard InChI is InChI=1S/C16H18N2O/c1-2-10-17-11-5-8-15(16(17)19)18-12-9-13-6-3-4-7-14(13)18/h2-4,6-7,9,12,15H,1,5,8,10-11H2. The maximum atomic E-state index is 12.5. The van der Waals surface area contributed by atoms with Crippen molar-refractivity contribution in [3.05, 3.63) is 49.2 Å². The van der Waals surface area contributed by atoms with E-state index in [-0.39, 0.29) is 11.9 Å². The SMILES string of the molecule is C=CCN1CCCC(n2ccc3ccccc32)C1=O. The lowest BCUT2D eigenvalue weighted by atomic mass is 10.0. The first-order chi connectivity index (χ1) is 9.31. The minimum absolute atomic E-state index is 0.0615. The fourth-order valence-corrected chi connectivity index (χ4v) is 2.89. The molecule has 0 spiro atoms. The number of para-hydroxylation sites is 1. The van der Waals surface area contributed by atoms with Gasteiger partial charge in [-0.3, -0.25) is 4.79 Å². The van der Waals surface area contributed by atoms with Gasteiger partial charge < -0.3 is 9.47 Å². The summed E-state index contributed by atoms with van der Waals surface area (Å²) in [4.78, 5) is 14.4. The van der Waals surface area contributed by atoms with E-state index in [1.165, 1.54) is 5.39 Å². The third-order valence-electron chi connectivity index (χ3n) is 3.82. The first-order valence-electron chi connectivity index (χ1n) is 6.76. The van der Waals surface area contributed by atoms with Crippen LogP contribution >= 0.6 is 0 Å². The minimum Gasteiger partial charge on any atom is -0.337 e. The third-order valence-corrected chi connectivity index (χ3v) is 3.82. The lowest BCUT2D eigenvalue weighted by Crippen LogP contribution is -2.41. The van der Waals surface area contributed by atoms with Gasteiger partial charge in [0.2, 0.25) is 5.91 Å². The Kier molecular flexibility index (Phi) is 3.11. The highest BCUT2D eigenvalue weighted by atomic mass is 16.2. The molecular weight excluding hydrogens is 236 g/mol. The van der Waals surface area contributed by atoms with Gasteiger partial charge in [-0.25, -0.2) is 0 Å². The molecule has 1 aliphatic rings. The molecule has 1 amide bonds. The average Bonchev–Trinajstić information content (AvgIpc) is 2.85. The lowest BCUT2D eigenvalue weighted by molar-refractivity contribution is -0.136. The molecule has 2 aromatic rings. The van der Waals surface area contributed by atoms with Gasteiger partial charge in [-0.1, -0.05) is 24.3 Å². The molecule has 1 aromatic carbocycles. The summed E-state index contributed by atoms with van der Waals surface area (Å²) in [5, 5.41) is 1.19. The Labute approximate surface area is 113 Å². The van der Waals surface area contributed by atoms with Crippen LogP contribution in [0.3, 0.4) is 0 Å². The minimum atomic E-state index is -0.0615. The van der Waals surface area contributed by atoms with Gasteiger partial charge in [-0.2, -0.15) is 0 Å². The molecule has 1 saturated heterocycles. The van der Waals surface area contributed by atoms with Crippen molar-refractivity contribution in [2.75, 3.05) is 13.1 Å². The van der Waals surface area contributed by atoms with Crippen LogP contribution in [0.1, 0.15) is 18.9 Å². The van der Waals surface area contributed by atoms with Crippen LogP contribution in [0.2, 0.25) is 0 Å². The molecule has 19 heavy (non-hydrogen) atoms. The zero-order chi connectivity index (χ0) is 13.2. The number of amides is 1. The van der Waals surface area contributed by atoms with Crippen molar-refractivity contribution in [3.63, 3.8) is 0 Å². The smallest absolute Gasteiger partial charge is 0.245 e. The average molecular weight is 254 g/mol. The molecule has 1 fully saturated rings. The Morgan fingerprint density at radius 2 is 2.16 bits per heavy atom. The summed E-state index contributed by atoms with van der Waals surface area (Å²) in [6.07, 6.45) is 5.81. The molecule has 0 N–H and O–H groups in total. The summed E-state index contributed by atoms with van der Waals surface area (Å²) >= 11 is 0. The molecule has 3 nitrogen and oxygen atoms in total. The van der Waals surface area contributed by atoms with Crippen molar-refractivity contribution in [2.45, 2.75) is 18.9 Å². The number of rotatable bonds is 3. The van der Waals surface area contributed by atoms with Crippen LogP contribution in [0.25, 0.3) is 10.9 Å². The van der Waals surface area contributed by atoms with Crippen LogP contribution in [-0.4, -0.2) is 28.5 Å². The predicted octanol–water partition coefficient (Wildman–Crippen LogP) is 2.99. The maximum absolute atomic E-state index is 12.5. The highest BCUT2D eigenvalue weighted by molar-refractivity contribution is 5.86. The van der Waals surface area contributed by atoms with Crippen LogP contribution in [0, 0.1) is 0 Å². The second-order valence-corrected chi connectivity index (χ2v) is 5.01. The molecule has 1 aliphatic heterocycles. The van der Waals surface area contributed by atoms with E-state index in [2.05, 4.69) is 29.3 Å². The molecule has 0 saturated carbocycles. The molecule has 3 heteroatoms. The molecule has 1 aromatic heterocycles. The predicted molar refractivity (Wildman–Crippen MR) is 77.0 cm³/mol. The summed E-state index contributed by atoms with van der Waals surface area (Å²) < 4.78 is 2.12. The first kappa shape index (κ1) is 12.0. The van der Waals surface area contributed by atoms with Crippen LogP contribution in [0.5, 0.6) is 0 Å². The number of carbonyl (C=O) groups is 1. The number of fused-ring (bicyclic) bond motifs is 1. The number of aromatic nitrogens is 1. The summed E-state index contributed by atoms with van der Waals surface area (Å²) in [7, 11) is 0. The van der Waals surface area contributed by atoms with Crippen molar-refractivity contribution in [1.29, 1.82) is 0 Å². The normalized spacial score (nSPS) is 19.9. The zero-order valence-electron chi connectivity index (χ0n) is 11.0. The molecule has 1 atom stereocenters. The van der Waals surface area contributed by atoms with Gasteiger partial charge in [-0.15, -0.1) is 6.58 Å². The van der Waals surface area contributed by atoms with Gasteiger partial charge >= 0.3 is 0 Å². The number of nitrogens with zero attached hydrogens (tertiary/aromatic N) is 2. The largest absolute Gasteiger partial charge is 0.337 e. The Morgan fingerprint density at radius 1 is 1.32 bits per heavy atom. The molecule has 0 radical (unpaired) electrons. The zero-order valence-corrected chi connectivity index (χ0v) is 11.0. The highest BCUT2D eigenvalue weighted by Crippen LogP contribution is 2.27. The molecule has 0 aliphatic carbocycles. The van der Waals surface area contributed by atoms with Crippen molar-refractivity contribution in [1.82, 2.24) is 9.47 Å². The highest BCUT2D eigenvalue weighted by Gasteiger charge is 2.29. The quantitative estimate of drug-likeness (QED) is 0.773. The molecule has 98 valence electrons. The summed E-state index contributed by atoms with van der Waals surface area (Å²) in [6.45, 7) is 5.22. The Balaban J connectivity index is 1.96. The Bertz CT molecular complexity index is 614. The summed E-state index contributed by atoms with van der Waals surface area (Å²) in [5.41, 5.74) is 1.14. The van der Waals surface area contributed by atoms with Crippen molar-refractivity contribution >= 4 is 16.8 Å². The van der Waals surface area contributed by atoms with E-state index in [1.807, 2.05) is 23.2 Å². The van der Waals surface area contributed by atoms with Crippen LogP contribution < -0.4 is 0 Å². The molecular formula is C16H18N2O. The lowest BCUT2D eigenvalue weighted by Gasteiger charge is -2.32. The van der Waals surface area contributed by atoms with E-state index < -0.39 is 0 Å². The van der Waals surface area contributed by atoms with Gasteiger partial charge in [-0.05, 0) is 30.4 Å². The molecule has 1 unspecified atom stereocenters. The number of likely N-dealkylation sites (tertiary alicyclic amines) is 1. The third kappa shape index (κ3) is 2.05. The number of hydrogen-bond acceptors (Lipinski definition) is 1. The second kappa shape index (κ2) is 4.92. The summed E-state index contributed by atoms with van der Waals surface area (Å²) in [5.74, 6) is 0.215. The molecule has 0 bridgehead atoms. The van der Waals surface area contributed by atoms with Crippen molar-refractivity contribution in [3.8, 4) is 0 Å². The molecule has 2 heterocycles. The van der Waals surface area contributed by atoms with Crippen LogP contribution in [0.15, 0.2) is 49.2 Å². The number of hydrogen-bond donors (Lipinski definition) is 0. The van der Waals surface area contributed by atoms with E-state index in [0.717, 1.165) is 24.9 Å². The van der Waals surface area contributed by atoms with Gasteiger partial charge in [0, 0.05) is 24.8 Å². The number of carbonyl (C=O) groups excluding carboxylic acids is 1. The van der Waals surface area contributed by atoms with Crippen molar-refractivity contribution in [2.24, 2.45) is 0 Å². The second-order valence-electron chi connectivity index (χ2n) is 5.01. The van der Waals surface area contributed by atoms with E-state index in [0.29, 0.717) is 6.54 Å². The number of benzene rings is 1. The monoisotopic (exact) mass is 254 g/mol. The van der Waals surface area contributed by atoms with E-state index in [4.69, 9.17) is 0 Å². The van der Waals surface area contributed by atoms with Gasteiger partial charge in [0.15, 0.2) is 0 Å². The van der Waals surface area contributed by atoms with Crippen molar-refractivity contribution < 1.29 is 4.79 Å². The van der Waals surface area contributed by atoms with E-state index in [9.17, 15) is 4.79 Å². The first-order valence-corrected chi connectivity index (χ1v) is 6.76. The van der Waals surface area contributed by atoms with E-state index in [1.54, 1.807) is 6.08 Å². The van der Waals surface area contributed by atoms with E-state index >= 15 is 0 Å². The fourth-order valence-electron chi connectivity index (χ4n) is 2.89. The maximum Gasteiger partial charge on any atom is 0.245 e. The van der Waals surface area contributed by atoms with Crippen LogP contribution in [0.4, 0.5) is 0 Å². The van der Waals surface area contributed by atoms with Gasteiger partial charge in [0.1, 0.15) is 6.04 Å². The van der Waals surface area contributed by atoms with Gasteiger partial charge in [0.05, 0.1) is 0 Å². The number of piperidine rings is 1. The topological polar surface area (TPSA) is 25.2 Å². The van der Waals surface area contributed by atoms with Crippen LogP contribution in [-0.2, 0) is 4.79 Å².